The van der Waals surface area contributed by atoms with Crippen LogP contribution in [0.5, 0.6) is 0 Å². The highest BCUT2D eigenvalue weighted by Gasteiger charge is 2.31. The fraction of sp³-hybridized carbons (Fsp3) is 0.381. The van der Waals surface area contributed by atoms with Crippen molar-refractivity contribution in [2.24, 2.45) is 0 Å². The predicted molar refractivity (Wildman–Crippen MR) is 128 cm³/mol. The highest BCUT2D eigenvalue weighted by Crippen LogP contribution is 2.25. The average Bonchev–Trinajstić information content (AvgIpc) is 2.68. The number of hydrogen-bond acceptors (Lipinski definition) is 4. The molecular weight excluding hydrogens is 463 g/mol. The Bertz CT molecular complexity index is 967. The molecule has 0 spiro atoms. The number of nitrogens with zero attached hydrogens (tertiary/aromatic N) is 1. The minimum Gasteiger partial charge on any atom is -0.353 e. The number of sulfonamides is 1. The van der Waals surface area contributed by atoms with E-state index < -0.39 is 16.1 Å². The number of carbonyl (C=O) groups is 1. The summed E-state index contributed by atoms with van der Waals surface area (Å²) in [6.07, 6.45) is 1.49. The van der Waals surface area contributed by atoms with Crippen molar-refractivity contribution in [1.29, 1.82) is 0 Å². The summed E-state index contributed by atoms with van der Waals surface area (Å²) >= 11 is 13.6. The van der Waals surface area contributed by atoms with Crippen molar-refractivity contribution < 1.29 is 13.2 Å². The first-order valence-electron chi connectivity index (χ1n) is 9.49. The molecule has 0 saturated carbocycles. The van der Waals surface area contributed by atoms with Gasteiger partial charge < -0.3 is 5.32 Å². The fourth-order valence-electron chi connectivity index (χ4n) is 2.94. The van der Waals surface area contributed by atoms with Gasteiger partial charge >= 0.3 is 0 Å². The third-order valence-electron chi connectivity index (χ3n) is 4.42. The Hall–Kier alpha value is -1.41. The zero-order valence-corrected chi connectivity index (χ0v) is 20.3. The molecule has 0 heterocycles. The van der Waals surface area contributed by atoms with Gasteiger partial charge in [0.15, 0.2) is 0 Å². The van der Waals surface area contributed by atoms with E-state index in [0.717, 1.165) is 23.1 Å². The van der Waals surface area contributed by atoms with Gasteiger partial charge in [-0.05, 0) is 43.2 Å². The zero-order valence-electron chi connectivity index (χ0n) is 17.2. The molecule has 5 nitrogen and oxygen atoms in total. The lowest BCUT2D eigenvalue weighted by Gasteiger charge is -2.30. The molecule has 0 bridgehead atoms. The Morgan fingerprint density at radius 1 is 1.13 bits per heavy atom. The maximum absolute atomic E-state index is 12.8. The third kappa shape index (κ3) is 7.08. The molecule has 0 aliphatic heterocycles. The van der Waals surface area contributed by atoms with Crippen molar-refractivity contribution in [3.8, 4) is 0 Å². The van der Waals surface area contributed by atoms with Crippen LogP contribution < -0.4 is 9.62 Å². The van der Waals surface area contributed by atoms with Gasteiger partial charge in [-0.25, -0.2) is 8.42 Å². The van der Waals surface area contributed by atoms with E-state index in [1.807, 2.05) is 31.2 Å². The first-order valence-corrected chi connectivity index (χ1v) is 13.2. The topological polar surface area (TPSA) is 66.5 Å². The quantitative estimate of drug-likeness (QED) is 0.483. The van der Waals surface area contributed by atoms with Crippen LogP contribution in [0.3, 0.4) is 0 Å². The van der Waals surface area contributed by atoms with Gasteiger partial charge in [-0.3, -0.25) is 9.10 Å². The second kappa shape index (κ2) is 11.3. The molecular formula is C21H26Cl2N2O3S2. The van der Waals surface area contributed by atoms with Crippen molar-refractivity contribution in [3.63, 3.8) is 0 Å². The lowest BCUT2D eigenvalue weighted by Crippen LogP contribution is -2.49. The summed E-state index contributed by atoms with van der Waals surface area (Å²) < 4.78 is 26.1. The van der Waals surface area contributed by atoms with Gasteiger partial charge in [0.2, 0.25) is 15.9 Å². The number of rotatable bonds is 10. The molecule has 1 amide bonds. The van der Waals surface area contributed by atoms with Crippen LogP contribution in [0.15, 0.2) is 42.5 Å². The molecule has 2 aromatic carbocycles. The van der Waals surface area contributed by atoms with Gasteiger partial charge in [-0.2, -0.15) is 11.8 Å². The summed E-state index contributed by atoms with van der Waals surface area (Å²) in [6.45, 7) is 4.16. The summed E-state index contributed by atoms with van der Waals surface area (Å²) in [5.74, 6) is 1.12. The van der Waals surface area contributed by atoms with E-state index >= 15 is 0 Å². The van der Waals surface area contributed by atoms with Gasteiger partial charge in [0, 0.05) is 18.1 Å². The number of nitrogens with one attached hydrogen (secondary N) is 1. The van der Waals surface area contributed by atoms with Crippen molar-refractivity contribution in [1.82, 2.24) is 5.32 Å². The third-order valence-corrected chi connectivity index (χ3v) is 7.37. The van der Waals surface area contributed by atoms with E-state index in [1.165, 1.54) is 4.31 Å². The highest BCUT2D eigenvalue weighted by molar-refractivity contribution is 7.98. The first-order chi connectivity index (χ1) is 14.1. The van der Waals surface area contributed by atoms with Crippen LogP contribution in [0, 0.1) is 6.92 Å². The van der Waals surface area contributed by atoms with Crippen LogP contribution >= 0.6 is 35.0 Å². The average molecular weight is 489 g/mol. The molecule has 30 heavy (non-hydrogen) atoms. The Balaban J connectivity index is 1.95. The Labute approximate surface area is 193 Å². The molecule has 2 rings (SSSR count). The normalized spacial score (nSPS) is 12.4. The molecule has 0 radical (unpaired) electrons. The summed E-state index contributed by atoms with van der Waals surface area (Å²) in [5.41, 5.74) is 2.55. The maximum atomic E-state index is 12.8. The van der Waals surface area contributed by atoms with E-state index in [2.05, 4.69) is 5.32 Å². The molecule has 0 unspecified atom stereocenters. The molecule has 1 atom stereocenters. The van der Waals surface area contributed by atoms with Gasteiger partial charge in [-0.1, -0.05) is 53.9 Å². The maximum Gasteiger partial charge on any atom is 0.243 e. The minimum atomic E-state index is -3.62. The van der Waals surface area contributed by atoms with Crippen LogP contribution in [0.2, 0.25) is 10.0 Å². The number of benzene rings is 2. The van der Waals surface area contributed by atoms with E-state index in [4.69, 9.17) is 23.2 Å². The SMILES string of the molecule is CC[C@@H](C(=O)NCCSCc1ccc(Cl)c(Cl)c1)N(c1ccc(C)cc1)S(C)(=O)=O. The standard InChI is InChI=1S/C21H26Cl2N2O3S2/c1-4-20(25(30(3,27)28)17-8-5-15(2)6-9-17)21(26)24-11-12-29-14-16-7-10-18(22)19(23)13-16/h5-10,13,20H,4,11-12,14H2,1-3H3,(H,24,26)/t20-/m0/s1. The molecule has 0 aliphatic rings. The largest absolute Gasteiger partial charge is 0.353 e. The second-order valence-electron chi connectivity index (χ2n) is 6.91. The highest BCUT2D eigenvalue weighted by atomic mass is 35.5. The Morgan fingerprint density at radius 2 is 1.80 bits per heavy atom. The number of amides is 1. The molecule has 1 N–H and O–H groups in total. The van der Waals surface area contributed by atoms with E-state index in [9.17, 15) is 13.2 Å². The number of thioether (sulfide) groups is 1. The number of hydrogen-bond donors (Lipinski definition) is 1. The number of carbonyl (C=O) groups excluding carboxylic acids is 1. The lowest BCUT2D eigenvalue weighted by molar-refractivity contribution is -0.122. The van der Waals surface area contributed by atoms with Crippen LogP contribution in [-0.4, -0.2) is 38.9 Å². The van der Waals surface area contributed by atoms with E-state index in [-0.39, 0.29) is 5.91 Å². The summed E-state index contributed by atoms with van der Waals surface area (Å²) in [4.78, 5) is 12.8. The molecule has 2 aromatic rings. The van der Waals surface area contributed by atoms with Crippen LogP contribution in [-0.2, 0) is 20.6 Å². The Kier molecular flexibility index (Phi) is 9.34. The van der Waals surface area contributed by atoms with E-state index in [0.29, 0.717) is 34.5 Å². The molecule has 164 valence electrons. The minimum absolute atomic E-state index is 0.307. The summed E-state index contributed by atoms with van der Waals surface area (Å²) in [6, 6.07) is 11.8. The molecule has 9 heteroatoms. The molecule has 0 fully saturated rings. The number of aryl methyl sites for hydroxylation is 1. The monoisotopic (exact) mass is 488 g/mol. The van der Waals surface area contributed by atoms with Gasteiger partial charge in [-0.15, -0.1) is 0 Å². The van der Waals surface area contributed by atoms with Gasteiger partial charge in [0.05, 0.1) is 22.0 Å². The lowest BCUT2D eigenvalue weighted by atomic mass is 10.1. The molecule has 0 saturated heterocycles. The molecule has 0 aromatic heterocycles. The van der Waals surface area contributed by atoms with Crippen LogP contribution in [0.1, 0.15) is 24.5 Å². The first kappa shape index (κ1) is 24.9. The predicted octanol–water partition coefficient (Wildman–Crippen LogP) is 4.90. The fourth-order valence-corrected chi connectivity index (χ4v) is 5.27. The van der Waals surface area contributed by atoms with Crippen molar-refractivity contribution >= 4 is 56.6 Å². The summed E-state index contributed by atoms with van der Waals surface area (Å²) in [5, 5.41) is 3.90. The van der Waals surface area contributed by atoms with Crippen molar-refractivity contribution in [2.45, 2.75) is 32.1 Å². The van der Waals surface area contributed by atoms with Crippen molar-refractivity contribution in [3.05, 3.63) is 63.6 Å². The second-order valence-corrected chi connectivity index (χ2v) is 10.7. The van der Waals surface area contributed by atoms with Gasteiger partial charge in [0.1, 0.15) is 6.04 Å². The van der Waals surface area contributed by atoms with Crippen molar-refractivity contribution in [2.75, 3.05) is 22.9 Å². The smallest absolute Gasteiger partial charge is 0.243 e. The zero-order chi connectivity index (χ0) is 22.3. The summed E-state index contributed by atoms with van der Waals surface area (Å²) in [7, 11) is -3.62. The number of anilines is 1. The van der Waals surface area contributed by atoms with Crippen LogP contribution in [0.25, 0.3) is 0 Å². The van der Waals surface area contributed by atoms with Gasteiger partial charge in [0.25, 0.3) is 0 Å². The molecule has 0 aliphatic carbocycles. The number of halogens is 2. The van der Waals surface area contributed by atoms with E-state index in [1.54, 1.807) is 36.9 Å². The van der Waals surface area contributed by atoms with Crippen LogP contribution in [0.4, 0.5) is 5.69 Å². The Morgan fingerprint density at radius 3 is 2.37 bits per heavy atom.